The molecule has 0 bridgehead atoms. The van der Waals surface area contributed by atoms with Crippen LogP contribution >= 0.6 is 0 Å². The third-order valence-corrected chi connectivity index (χ3v) is 2.65. The number of H-pyrrole nitrogens is 1. The summed E-state index contributed by atoms with van der Waals surface area (Å²) in [7, 11) is 0. The fourth-order valence-electron chi connectivity index (χ4n) is 1.65. The molecule has 4 heteroatoms. The fraction of sp³-hybridized carbons (Fsp3) is 0.500. The highest BCUT2D eigenvalue weighted by Gasteiger charge is 2.17. The second-order valence-electron chi connectivity index (χ2n) is 3.89. The van der Waals surface area contributed by atoms with Crippen LogP contribution in [0.2, 0.25) is 0 Å². The number of hydrogen-bond donors (Lipinski definition) is 2. The minimum Gasteiger partial charge on any atom is -0.477 e. The first-order valence-electron chi connectivity index (χ1n) is 5.75. The molecule has 0 aliphatic rings. The van der Waals surface area contributed by atoms with E-state index in [1.807, 2.05) is 30.7 Å². The van der Waals surface area contributed by atoms with Gasteiger partial charge >= 0.3 is 5.97 Å². The minimum atomic E-state index is -0.712. The summed E-state index contributed by atoms with van der Waals surface area (Å²) >= 11 is 0. The van der Waals surface area contributed by atoms with Crippen LogP contribution < -0.4 is 10.3 Å². The van der Waals surface area contributed by atoms with E-state index in [0.29, 0.717) is 6.42 Å². The summed E-state index contributed by atoms with van der Waals surface area (Å²) in [6.07, 6.45) is 6.53. The van der Waals surface area contributed by atoms with Crippen molar-refractivity contribution in [2.45, 2.75) is 32.2 Å². The molecule has 0 fully saturated rings. The maximum atomic E-state index is 10.8. The van der Waals surface area contributed by atoms with Crippen molar-refractivity contribution in [1.82, 2.24) is 0 Å². The Hall–Kier alpha value is -1.42. The van der Waals surface area contributed by atoms with Crippen LogP contribution in [-0.4, -0.2) is 23.7 Å². The van der Waals surface area contributed by atoms with Crippen LogP contribution in [0.3, 0.4) is 0 Å². The number of carboxylic acids is 1. The van der Waals surface area contributed by atoms with Gasteiger partial charge in [-0.2, -0.15) is 0 Å². The van der Waals surface area contributed by atoms with Crippen LogP contribution in [0.25, 0.3) is 0 Å². The summed E-state index contributed by atoms with van der Waals surface area (Å²) in [6.45, 7) is 2.77. The number of rotatable bonds is 7. The zero-order valence-corrected chi connectivity index (χ0v) is 9.65. The number of aliphatic carboxylic acids is 1. The van der Waals surface area contributed by atoms with Gasteiger partial charge in [-0.3, -0.25) is 0 Å². The van der Waals surface area contributed by atoms with E-state index >= 15 is 0 Å². The molecule has 1 aromatic heterocycles. The standard InChI is InChI=1S/C12H18N2O2/c1-2-11(12(15)16)14-8-4-6-10-5-3-7-13-9-10/h3,5,7,9,11,14H,2,4,6,8H2,1H3,(H,15,16)/p+2/t11-/m0/s1. The highest BCUT2D eigenvalue weighted by atomic mass is 16.4. The summed E-state index contributed by atoms with van der Waals surface area (Å²) in [5.41, 5.74) is 1.26. The molecule has 0 aliphatic heterocycles. The van der Waals surface area contributed by atoms with Crippen LogP contribution in [0.5, 0.6) is 0 Å². The van der Waals surface area contributed by atoms with E-state index < -0.39 is 5.97 Å². The van der Waals surface area contributed by atoms with Gasteiger partial charge in [0.25, 0.3) is 0 Å². The van der Waals surface area contributed by atoms with Crippen LogP contribution in [0.15, 0.2) is 24.5 Å². The Kier molecular flexibility index (Phi) is 5.50. The van der Waals surface area contributed by atoms with Crippen LogP contribution in [0.4, 0.5) is 0 Å². The van der Waals surface area contributed by atoms with Gasteiger partial charge in [-0.15, -0.1) is 0 Å². The van der Waals surface area contributed by atoms with Gasteiger partial charge in [0.2, 0.25) is 0 Å². The molecule has 0 radical (unpaired) electrons. The first-order valence-corrected chi connectivity index (χ1v) is 5.75. The molecule has 0 amide bonds. The van der Waals surface area contributed by atoms with Gasteiger partial charge in [0, 0.05) is 24.5 Å². The maximum absolute atomic E-state index is 10.8. The lowest BCUT2D eigenvalue weighted by molar-refractivity contribution is -0.678. The first kappa shape index (κ1) is 12.6. The molecule has 0 saturated carbocycles. The largest absolute Gasteiger partial charge is 0.477 e. The fourth-order valence-corrected chi connectivity index (χ4v) is 1.65. The number of aromatic nitrogens is 1. The normalized spacial score (nSPS) is 12.3. The Morgan fingerprint density at radius 2 is 2.44 bits per heavy atom. The highest BCUT2D eigenvalue weighted by molar-refractivity contribution is 5.71. The maximum Gasteiger partial charge on any atom is 0.362 e. The summed E-state index contributed by atoms with van der Waals surface area (Å²) in [6, 6.07) is 3.76. The Bertz CT molecular complexity index is 314. The second-order valence-corrected chi connectivity index (χ2v) is 3.89. The number of carbonyl (C=O) groups is 1. The topological polar surface area (TPSA) is 68.0 Å². The van der Waals surface area contributed by atoms with E-state index in [1.165, 1.54) is 5.56 Å². The molecular formula is C12H20N2O2+2. The molecule has 0 aromatic carbocycles. The molecule has 1 atom stereocenters. The minimum absolute atomic E-state index is 0.290. The van der Waals surface area contributed by atoms with Crippen molar-refractivity contribution in [2.24, 2.45) is 0 Å². The van der Waals surface area contributed by atoms with Crippen molar-refractivity contribution in [1.29, 1.82) is 0 Å². The zero-order valence-electron chi connectivity index (χ0n) is 9.65. The zero-order chi connectivity index (χ0) is 11.8. The number of hydrogen-bond acceptors (Lipinski definition) is 1. The average Bonchev–Trinajstić information content (AvgIpc) is 2.30. The lowest BCUT2D eigenvalue weighted by Gasteiger charge is -2.08. The summed E-state index contributed by atoms with van der Waals surface area (Å²) in [4.78, 5) is 13.8. The molecule has 0 saturated heterocycles. The van der Waals surface area contributed by atoms with Gasteiger partial charge in [0.05, 0.1) is 6.54 Å². The lowest BCUT2D eigenvalue weighted by Crippen LogP contribution is -2.91. The second kappa shape index (κ2) is 6.95. The molecule has 0 aliphatic carbocycles. The molecule has 0 spiro atoms. The van der Waals surface area contributed by atoms with Crippen molar-refractivity contribution in [3.05, 3.63) is 30.1 Å². The molecule has 4 N–H and O–H groups in total. The van der Waals surface area contributed by atoms with Gasteiger partial charge in [0.15, 0.2) is 18.4 Å². The van der Waals surface area contributed by atoms with Gasteiger partial charge in [0.1, 0.15) is 0 Å². The summed E-state index contributed by atoms with van der Waals surface area (Å²) in [5, 5.41) is 10.8. The van der Waals surface area contributed by atoms with Crippen LogP contribution in [-0.2, 0) is 11.2 Å². The Morgan fingerprint density at radius 1 is 1.62 bits per heavy atom. The van der Waals surface area contributed by atoms with E-state index in [4.69, 9.17) is 5.11 Å². The number of nitrogens with one attached hydrogen (secondary N) is 1. The van der Waals surface area contributed by atoms with Gasteiger partial charge in [-0.1, -0.05) is 6.92 Å². The van der Waals surface area contributed by atoms with Crippen molar-refractivity contribution in [3.63, 3.8) is 0 Å². The predicted octanol–water partition coefficient (Wildman–Crippen LogP) is -0.140. The molecule has 88 valence electrons. The number of aryl methyl sites for hydroxylation is 1. The average molecular weight is 224 g/mol. The molecule has 4 nitrogen and oxygen atoms in total. The number of quaternary nitrogens is 1. The quantitative estimate of drug-likeness (QED) is 0.633. The SMILES string of the molecule is CC[C@H]([NH2+]CCCc1ccc[nH+]c1)C(=O)O. The van der Waals surface area contributed by atoms with E-state index in [1.54, 1.807) is 0 Å². The summed E-state index contributed by atoms with van der Waals surface area (Å²) in [5.74, 6) is -0.712. The molecular weight excluding hydrogens is 204 g/mol. The number of nitrogens with two attached hydrogens (primary N) is 1. The van der Waals surface area contributed by atoms with E-state index in [2.05, 4.69) is 11.1 Å². The van der Waals surface area contributed by atoms with Crippen molar-refractivity contribution >= 4 is 5.97 Å². The van der Waals surface area contributed by atoms with Crippen molar-refractivity contribution < 1.29 is 20.2 Å². The smallest absolute Gasteiger partial charge is 0.362 e. The van der Waals surface area contributed by atoms with Gasteiger partial charge in [-0.05, 0) is 12.5 Å². The molecule has 1 rings (SSSR count). The molecule has 16 heavy (non-hydrogen) atoms. The Balaban J connectivity index is 2.19. The number of aromatic amines is 1. The van der Waals surface area contributed by atoms with Crippen molar-refractivity contribution in [3.8, 4) is 0 Å². The first-order chi connectivity index (χ1) is 7.74. The van der Waals surface area contributed by atoms with E-state index in [9.17, 15) is 4.79 Å². The monoisotopic (exact) mass is 224 g/mol. The number of carboxylic acid groups (broad SMARTS) is 1. The van der Waals surface area contributed by atoms with Crippen molar-refractivity contribution in [2.75, 3.05) is 6.54 Å². The van der Waals surface area contributed by atoms with Crippen LogP contribution in [0.1, 0.15) is 25.3 Å². The molecule has 1 heterocycles. The predicted molar refractivity (Wildman–Crippen MR) is 59.8 cm³/mol. The highest BCUT2D eigenvalue weighted by Crippen LogP contribution is 1.96. The third kappa shape index (κ3) is 4.40. The third-order valence-electron chi connectivity index (χ3n) is 2.65. The summed E-state index contributed by atoms with van der Waals surface area (Å²) < 4.78 is 0. The van der Waals surface area contributed by atoms with Gasteiger partial charge in [-0.25, -0.2) is 9.78 Å². The lowest BCUT2D eigenvalue weighted by atomic mass is 10.1. The van der Waals surface area contributed by atoms with Gasteiger partial charge < -0.3 is 10.4 Å². The Morgan fingerprint density at radius 3 is 3.00 bits per heavy atom. The molecule has 0 unspecified atom stereocenters. The number of pyridine rings is 1. The van der Waals surface area contributed by atoms with E-state index in [-0.39, 0.29) is 6.04 Å². The van der Waals surface area contributed by atoms with Crippen LogP contribution in [0, 0.1) is 0 Å². The Labute approximate surface area is 95.7 Å². The molecule has 1 aromatic rings. The van der Waals surface area contributed by atoms with E-state index in [0.717, 1.165) is 19.4 Å².